The number of para-hydroxylation sites is 1. The van der Waals surface area contributed by atoms with Gasteiger partial charge in [-0.2, -0.15) is 0 Å². The smallest absolute Gasteiger partial charge is 0.258 e. The quantitative estimate of drug-likeness (QED) is 0.749. The molecule has 2 heterocycles. The molecule has 1 amide bonds. The minimum Gasteiger partial charge on any atom is -0.375 e. The number of hydrogen-bond donors (Lipinski definition) is 1. The standard InChI is InChI=1S/C17H15N3OS/c18-17-19-13-8-7-12(10-15(13)22-17)16(21)20-9-3-5-11-4-1-2-6-14(11)20/h1-2,4,6-8,10H,3,5,9H2,(H2,18,19). The van der Waals surface area contributed by atoms with Gasteiger partial charge < -0.3 is 10.6 Å². The summed E-state index contributed by atoms with van der Waals surface area (Å²) in [5.74, 6) is 0.0426. The van der Waals surface area contributed by atoms with Gasteiger partial charge in [0.2, 0.25) is 0 Å². The molecule has 0 spiro atoms. The van der Waals surface area contributed by atoms with E-state index in [0.29, 0.717) is 10.7 Å². The number of aryl methyl sites for hydroxylation is 1. The molecule has 0 unspecified atom stereocenters. The second-order valence-corrected chi connectivity index (χ2v) is 6.49. The lowest BCUT2D eigenvalue weighted by molar-refractivity contribution is 0.0985. The number of hydrogen-bond acceptors (Lipinski definition) is 4. The van der Waals surface area contributed by atoms with Gasteiger partial charge in [0, 0.05) is 17.8 Å². The number of nitrogens with two attached hydrogens (primary N) is 1. The van der Waals surface area contributed by atoms with Gasteiger partial charge in [-0.3, -0.25) is 4.79 Å². The Bertz CT molecular complexity index is 871. The van der Waals surface area contributed by atoms with Gasteiger partial charge in [-0.25, -0.2) is 4.98 Å². The van der Waals surface area contributed by atoms with Gasteiger partial charge in [-0.05, 0) is 42.7 Å². The number of benzene rings is 2. The topological polar surface area (TPSA) is 59.2 Å². The Morgan fingerprint density at radius 1 is 1.23 bits per heavy atom. The highest BCUT2D eigenvalue weighted by atomic mass is 32.1. The van der Waals surface area contributed by atoms with Crippen molar-refractivity contribution in [2.24, 2.45) is 0 Å². The Morgan fingerprint density at radius 3 is 3.00 bits per heavy atom. The number of fused-ring (bicyclic) bond motifs is 2. The molecule has 1 aliphatic rings. The van der Waals surface area contributed by atoms with E-state index in [0.717, 1.165) is 35.3 Å². The highest BCUT2D eigenvalue weighted by Gasteiger charge is 2.23. The van der Waals surface area contributed by atoms with E-state index in [9.17, 15) is 4.79 Å². The number of nitrogen functional groups attached to an aromatic ring is 1. The molecule has 5 heteroatoms. The first-order valence-electron chi connectivity index (χ1n) is 7.28. The summed E-state index contributed by atoms with van der Waals surface area (Å²) in [6, 6.07) is 13.7. The number of amides is 1. The van der Waals surface area contributed by atoms with E-state index in [1.165, 1.54) is 16.9 Å². The fourth-order valence-electron chi connectivity index (χ4n) is 2.98. The van der Waals surface area contributed by atoms with Crippen molar-refractivity contribution in [3.05, 3.63) is 53.6 Å². The van der Waals surface area contributed by atoms with Gasteiger partial charge in [-0.1, -0.05) is 29.5 Å². The Morgan fingerprint density at radius 2 is 2.09 bits per heavy atom. The van der Waals surface area contributed by atoms with Crippen LogP contribution in [0.25, 0.3) is 10.2 Å². The molecule has 2 aromatic carbocycles. The van der Waals surface area contributed by atoms with Crippen LogP contribution in [0.4, 0.5) is 10.8 Å². The monoisotopic (exact) mass is 309 g/mol. The number of carbonyl (C=O) groups is 1. The fraction of sp³-hybridized carbons (Fsp3) is 0.176. The van der Waals surface area contributed by atoms with Gasteiger partial charge in [0.25, 0.3) is 5.91 Å². The van der Waals surface area contributed by atoms with Crippen molar-refractivity contribution in [1.82, 2.24) is 4.98 Å². The fourth-order valence-corrected chi connectivity index (χ4v) is 3.75. The van der Waals surface area contributed by atoms with E-state index < -0.39 is 0 Å². The minimum atomic E-state index is 0.0426. The minimum absolute atomic E-state index is 0.0426. The van der Waals surface area contributed by atoms with E-state index in [-0.39, 0.29) is 5.91 Å². The van der Waals surface area contributed by atoms with Crippen LogP contribution >= 0.6 is 11.3 Å². The van der Waals surface area contributed by atoms with Crippen molar-refractivity contribution in [3.63, 3.8) is 0 Å². The van der Waals surface area contributed by atoms with Crippen LogP contribution in [-0.2, 0) is 6.42 Å². The van der Waals surface area contributed by atoms with Gasteiger partial charge in [0.15, 0.2) is 5.13 Å². The summed E-state index contributed by atoms with van der Waals surface area (Å²) in [6.45, 7) is 0.763. The summed E-state index contributed by atoms with van der Waals surface area (Å²) in [5, 5.41) is 0.530. The molecule has 1 aromatic heterocycles. The molecule has 4 rings (SSSR count). The summed E-state index contributed by atoms with van der Waals surface area (Å²) in [5.41, 5.74) is 9.54. The molecule has 22 heavy (non-hydrogen) atoms. The van der Waals surface area contributed by atoms with Crippen LogP contribution in [-0.4, -0.2) is 17.4 Å². The molecule has 0 bridgehead atoms. The number of thiazole rings is 1. The lowest BCUT2D eigenvalue weighted by Gasteiger charge is -2.29. The van der Waals surface area contributed by atoms with Crippen molar-refractivity contribution in [2.75, 3.05) is 17.2 Å². The number of carbonyl (C=O) groups excluding carboxylic acids is 1. The van der Waals surface area contributed by atoms with E-state index >= 15 is 0 Å². The molecule has 0 fully saturated rings. The molecule has 0 radical (unpaired) electrons. The summed E-state index contributed by atoms with van der Waals surface area (Å²) in [7, 11) is 0. The molecule has 2 N–H and O–H groups in total. The van der Waals surface area contributed by atoms with Crippen LogP contribution in [0.1, 0.15) is 22.3 Å². The van der Waals surface area contributed by atoms with Crippen molar-refractivity contribution < 1.29 is 4.79 Å². The van der Waals surface area contributed by atoms with Crippen LogP contribution in [0.15, 0.2) is 42.5 Å². The molecule has 0 saturated carbocycles. The van der Waals surface area contributed by atoms with Crippen molar-refractivity contribution in [1.29, 1.82) is 0 Å². The third-order valence-corrected chi connectivity index (χ3v) is 4.85. The summed E-state index contributed by atoms with van der Waals surface area (Å²) in [4.78, 5) is 19.0. The van der Waals surface area contributed by atoms with Gasteiger partial charge in [-0.15, -0.1) is 0 Å². The number of rotatable bonds is 1. The van der Waals surface area contributed by atoms with Crippen molar-refractivity contribution in [3.8, 4) is 0 Å². The first kappa shape index (κ1) is 13.3. The maximum atomic E-state index is 12.9. The predicted octanol–water partition coefficient (Wildman–Crippen LogP) is 3.47. The summed E-state index contributed by atoms with van der Waals surface area (Å²) >= 11 is 1.41. The van der Waals surface area contributed by atoms with Crippen LogP contribution in [0, 0.1) is 0 Å². The molecule has 1 aliphatic heterocycles. The Labute approximate surface area is 132 Å². The molecule has 0 atom stereocenters. The van der Waals surface area contributed by atoms with Gasteiger partial charge in [0.05, 0.1) is 10.2 Å². The largest absolute Gasteiger partial charge is 0.375 e. The third kappa shape index (κ3) is 2.14. The van der Waals surface area contributed by atoms with Crippen LogP contribution in [0.3, 0.4) is 0 Å². The highest BCUT2D eigenvalue weighted by Crippen LogP contribution is 2.30. The highest BCUT2D eigenvalue weighted by molar-refractivity contribution is 7.22. The molecular weight excluding hydrogens is 294 g/mol. The number of aromatic nitrogens is 1. The maximum Gasteiger partial charge on any atom is 0.258 e. The first-order chi connectivity index (χ1) is 10.7. The van der Waals surface area contributed by atoms with Crippen LogP contribution in [0.5, 0.6) is 0 Å². The number of nitrogens with zero attached hydrogens (tertiary/aromatic N) is 2. The molecular formula is C17H15N3OS. The van der Waals surface area contributed by atoms with Crippen molar-refractivity contribution >= 4 is 38.3 Å². The Balaban J connectivity index is 1.74. The molecule has 0 aliphatic carbocycles. The van der Waals surface area contributed by atoms with Gasteiger partial charge in [0.1, 0.15) is 0 Å². The van der Waals surface area contributed by atoms with Crippen molar-refractivity contribution in [2.45, 2.75) is 12.8 Å². The number of anilines is 2. The lowest BCUT2D eigenvalue weighted by Crippen LogP contribution is -2.35. The molecule has 110 valence electrons. The molecule has 3 aromatic rings. The second-order valence-electron chi connectivity index (χ2n) is 5.42. The van der Waals surface area contributed by atoms with Crippen LogP contribution in [0.2, 0.25) is 0 Å². The van der Waals surface area contributed by atoms with E-state index in [4.69, 9.17) is 5.73 Å². The average molecular weight is 309 g/mol. The second kappa shape index (κ2) is 5.10. The lowest BCUT2D eigenvalue weighted by atomic mass is 10.0. The first-order valence-corrected chi connectivity index (χ1v) is 8.10. The summed E-state index contributed by atoms with van der Waals surface area (Å²) in [6.07, 6.45) is 2.03. The molecule has 4 nitrogen and oxygen atoms in total. The Hall–Kier alpha value is -2.40. The van der Waals surface area contributed by atoms with E-state index in [1.807, 2.05) is 41.3 Å². The normalized spacial score (nSPS) is 14.1. The SMILES string of the molecule is Nc1nc2ccc(C(=O)N3CCCc4ccccc43)cc2s1. The summed E-state index contributed by atoms with van der Waals surface area (Å²) < 4.78 is 0.952. The third-order valence-electron chi connectivity index (χ3n) is 4.01. The maximum absolute atomic E-state index is 12.9. The Kier molecular flexibility index (Phi) is 3.08. The van der Waals surface area contributed by atoms with Gasteiger partial charge >= 0.3 is 0 Å². The van der Waals surface area contributed by atoms with Crippen LogP contribution < -0.4 is 10.6 Å². The zero-order valence-corrected chi connectivity index (χ0v) is 12.8. The average Bonchev–Trinajstić information content (AvgIpc) is 2.92. The predicted molar refractivity (Wildman–Crippen MR) is 90.5 cm³/mol. The molecule has 0 saturated heterocycles. The zero-order valence-electron chi connectivity index (χ0n) is 12.0. The van der Waals surface area contributed by atoms with E-state index in [2.05, 4.69) is 11.1 Å². The van der Waals surface area contributed by atoms with E-state index in [1.54, 1.807) is 0 Å². The zero-order chi connectivity index (χ0) is 15.1.